The van der Waals surface area contributed by atoms with Gasteiger partial charge in [-0.25, -0.2) is 4.79 Å². The van der Waals surface area contributed by atoms with E-state index in [0.29, 0.717) is 19.3 Å². The van der Waals surface area contributed by atoms with Gasteiger partial charge in [0.1, 0.15) is 5.75 Å². The molecule has 1 saturated heterocycles. The first kappa shape index (κ1) is 20.7. The number of hydrogen-bond acceptors (Lipinski definition) is 4. The van der Waals surface area contributed by atoms with Crippen molar-refractivity contribution < 1.29 is 14.3 Å². The van der Waals surface area contributed by atoms with Gasteiger partial charge in [-0.3, -0.25) is 4.90 Å². The number of hydrogen-bond donors (Lipinski definition) is 2. The molecule has 1 atom stereocenters. The number of carbonyl (C=O) groups is 1. The molecule has 4 rings (SSSR count). The van der Waals surface area contributed by atoms with Gasteiger partial charge in [0.2, 0.25) is 0 Å². The molecule has 0 bridgehead atoms. The van der Waals surface area contributed by atoms with Crippen LogP contribution in [0.1, 0.15) is 31.2 Å². The Morgan fingerprint density at radius 2 is 1.83 bits per heavy atom. The summed E-state index contributed by atoms with van der Waals surface area (Å²) in [5, 5.41) is 5.80. The summed E-state index contributed by atoms with van der Waals surface area (Å²) in [5.74, 6) is 0.863. The molecule has 1 aliphatic heterocycles. The van der Waals surface area contributed by atoms with Gasteiger partial charge in [0.05, 0.1) is 18.8 Å². The van der Waals surface area contributed by atoms with Crippen molar-refractivity contribution in [1.29, 1.82) is 0 Å². The zero-order valence-corrected chi connectivity index (χ0v) is 17.4. The quantitative estimate of drug-likeness (QED) is 0.725. The summed E-state index contributed by atoms with van der Waals surface area (Å²) in [7, 11) is 0. The van der Waals surface area contributed by atoms with Crippen LogP contribution in [0.25, 0.3) is 0 Å². The second-order valence-corrected chi connectivity index (χ2v) is 8.10. The normalized spacial score (nSPS) is 20.1. The van der Waals surface area contributed by atoms with Crippen LogP contribution in [0.15, 0.2) is 54.6 Å². The lowest BCUT2D eigenvalue weighted by atomic mass is 10.2. The van der Waals surface area contributed by atoms with E-state index in [1.807, 2.05) is 30.3 Å². The van der Waals surface area contributed by atoms with Crippen LogP contribution < -0.4 is 15.4 Å². The Kier molecular flexibility index (Phi) is 7.21. The van der Waals surface area contributed by atoms with Crippen molar-refractivity contribution in [2.24, 2.45) is 0 Å². The minimum atomic E-state index is -0.219. The van der Waals surface area contributed by atoms with E-state index in [4.69, 9.17) is 9.47 Å². The maximum absolute atomic E-state index is 12.3. The van der Waals surface area contributed by atoms with Crippen molar-refractivity contribution in [2.75, 3.05) is 31.6 Å². The van der Waals surface area contributed by atoms with Crippen molar-refractivity contribution in [2.45, 2.75) is 44.4 Å². The van der Waals surface area contributed by atoms with Crippen LogP contribution in [0.2, 0.25) is 0 Å². The van der Waals surface area contributed by atoms with Gasteiger partial charge >= 0.3 is 6.03 Å². The standard InChI is InChI=1S/C24H31N3O3/c28-24(26-20-10-12-22(13-11-20)30-21-8-4-5-9-21)25-16-23-18-27(14-15-29-23)17-19-6-2-1-3-7-19/h1-3,6-7,10-13,21,23H,4-5,8-9,14-18H2,(H2,25,26,28). The highest BCUT2D eigenvalue weighted by Gasteiger charge is 2.21. The van der Waals surface area contributed by atoms with Crippen LogP contribution in [0.4, 0.5) is 10.5 Å². The Bertz CT molecular complexity index is 791. The fourth-order valence-electron chi connectivity index (χ4n) is 4.09. The lowest BCUT2D eigenvalue weighted by Gasteiger charge is -2.33. The molecule has 30 heavy (non-hydrogen) atoms. The van der Waals surface area contributed by atoms with Crippen LogP contribution in [0.3, 0.4) is 0 Å². The van der Waals surface area contributed by atoms with Crippen LogP contribution in [-0.2, 0) is 11.3 Å². The largest absolute Gasteiger partial charge is 0.490 e. The number of carbonyl (C=O) groups excluding carboxylic acids is 1. The first-order valence-corrected chi connectivity index (χ1v) is 10.9. The molecule has 1 aliphatic carbocycles. The molecule has 6 heteroatoms. The third-order valence-electron chi connectivity index (χ3n) is 5.68. The highest BCUT2D eigenvalue weighted by molar-refractivity contribution is 5.89. The van der Waals surface area contributed by atoms with Crippen LogP contribution in [0.5, 0.6) is 5.75 Å². The van der Waals surface area contributed by atoms with Gasteiger partial charge < -0.3 is 20.1 Å². The maximum atomic E-state index is 12.3. The molecule has 1 saturated carbocycles. The van der Waals surface area contributed by atoms with E-state index in [1.165, 1.54) is 18.4 Å². The van der Waals surface area contributed by atoms with E-state index >= 15 is 0 Å². The molecule has 2 aromatic rings. The van der Waals surface area contributed by atoms with Gasteiger partial charge in [-0.1, -0.05) is 30.3 Å². The van der Waals surface area contributed by atoms with Crippen molar-refractivity contribution in [3.8, 4) is 5.75 Å². The maximum Gasteiger partial charge on any atom is 0.319 e. The van der Waals surface area contributed by atoms with Crippen molar-refractivity contribution in [3.05, 3.63) is 60.2 Å². The molecular weight excluding hydrogens is 378 g/mol. The second kappa shape index (κ2) is 10.5. The van der Waals surface area contributed by atoms with Crippen LogP contribution in [0, 0.1) is 0 Å². The van der Waals surface area contributed by atoms with E-state index in [0.717, 1.165) is 43.9 Å². The molecule has 0 radical (unpaired) electrons. The Balaban J connectivity index is 1.18. The van der Waals surface area contributed by atoms with Crippen molar-refractivity contribution >= 4 is 11.7 Å². The fraction of sp³-hybridized carbons (Fsp3) is 0.458. The van der Waals surface area contributed by atoms with Crippen LogP contribution >= 0.6 is 0 Å². The Hall–Kier alpha value is -2.57. The van der Waals surface area contributed by atoms with E-state index in [9.17, 15) is 4.79 Å². The molecule has 2 aliphatic rings. The topological polar surface area (TPSA) is 62.8 Å². The second-order valence-electron chi connectivity index (χ2n) is 8.10. The first-order valence-electron chi connectivity index (χ1n) is 10.9. The summed E-state index contributed by atoms with van der Waals surface area (Å²) in [5.41, 5.74) is 2.05. The van der Waals surface area contributed by atoms with Gasteiger partial charge in [-0.2, -0.15) is 0 Å². The Morgan fingerprint density at radius 1 is 1.07 bits per heavy atom. The van der Waals surface area contributed by atoms with Crippen molar-refractivity contribution in [1.82, 2.24) is 10.2 Å². The summed E-state index contributed by atoms with van der Waals surface area (Å²) < 4.78 is 11.8. The number of nitrogens with zero attached hydrogens (tertiary/aromatic N) is 1. The van der Waals surface area contributed by atoms with Gasteiger partial charge in [-0.05, 0) is 55.5 Å². The number of urea groups is 1. The van der Waals surface area contributed by atoms with Crippen LogP contribution in [-0.4, -0.2) is 49.4 Å². The van der Waals surface area contributed by atoms with Crippen molar-refractivity contribution in [3.63, 3.8) is 0 Å². The fourth-order valence-corrected chi connectivity index (χ4v) is 4.09. The Morgan fingerprint density at radius 3 is 2.60 bits per heavy atom. The summed E-state index contributed by atoms with van der Waals surface area (Å²) in [6, 6.07) is 17.8. The molecule has 2 N–H and O–H groups in total. The number of anilines is 1. The van der Waals surface area contributed by atoms with Gasteiger partial charge in [-0.15, -0.1) is 0 Å². The highest BCUT2D eigenvalue weighted by atomic mass is 16.5. The summed E-state index contributed by atoms with van der Waals surface area (Å²) in [4.78, 5) is 14.6. The summed E-state index contributed by atoms with van der Waals surface area (Å²) in [6.07, 6.45) is 5.10. The number of ether oxygens (including phenoxy) is 2. The molecule has 160 valence electrons. The molecule has 2 aromatic carbocycles. The molecule has 1 unspecified atom stereocenters. The summed E-state index contributed by atoms with van der Waals surface area (Å²) in [6.45, 7) is 3.79. The predicted octanol–water partition coefficient (Wildman–Crippen LogP) is 4.03. The van der Waals surface area contributed by atoms with E-state index in [2.05, 4.69) is 39.8 Å². The molecule has 6 nitrogen and oxygen atoms in total. The number of nitrogens with one attached hydrogen (secondary N) is 2. The molecular formula is C24H31N3O3. The molecule has 2 fully saturated rings. The average Bonchev–Trinajstić information content (AvgIpc) is 3.28. The monoisotopic (exact) mass is 409 g/mol. The zero-order valence-electron chi connectivity index (χ0n) is 17.4. The van der Waals surface area contributed by atoms with Gasteiger partial charge in [0.15, 0.2) is 0 Å². The van der Waals surface area contributed by atoms with E-state index in [1.54, 1.807) is 0 Å². The highest BCUT2D eigenvalue weighted by Crippen LogP contribution is 2.25. The first-order chi connectivity index (χ1) is 14.7. The van der Waals surface area contributed by atoms with E-state index in [-0.39, 0.29) is 12.1 Å². The van der Waals surface area contributed by atoms with Gasteiger partial charge in [0, 0.05) is 31.9 Å². The summed E-state index contributed by atoms with van der Waals surface area (Å²) >= 11 is 0. The smallest absolute Gasteiger partial charge is 0.319 e. The minimum Gasteiger partial charge on any atom is -0.490 e. The Labute approximate surface area is 178 Å². The lowest BCUT2D eigenvalue weighted by Crippen LogP contribution is -2.47. The minimum absolute atomic E-state index is 0.00426. The van der Waals surface area contributed by atoms with Gasteiger partial charge in [0.25, 0.3) is 0 Å². The number of morpholine rings is 1. The molecule has 1 heterocycles. The molecule has 0 spiro atoms. The third kappa shape index (κ3) is 6.21. The third-order valence-corrected chi connectivity index (χ3v) is 5.68. The number of rotatable bonds is 7. The lowest BCUT2D eigenvalue weighted by molar-refractivity contribution is -0.0285. The zero-order chi connectivity index (χ0) is 20.6. The van der Waals surface area contributed by atoms with E-state index < -0.39 is 0 Å². The molecule has 2 amide bonds. The average molecular weight is 410 g/mol. The predicted molar refractivity (Wildman–Crippen MR) is 118 cm³/mol. The number of amides is 2. The SMILES string of the molecule is O=C(NCC1CN(Cc2ccccc2)CCO1)Nc1ccc(OC2CCCC2)cc1. The number of benzene rings is 2. The molecule has 0 aromatic heterocycles.